The first-order valence-corrected chi connectivity index (χ1v) is 11.9. The zero-order valence-corrected chi connectivity index (χ0v) is 19.2. The number of hydrogen-bond acceptors (Lipinski definition) is 7. The second-order valence-electron chi connectivity index (χ2n) is 8.80. The Morgan fingerprint density at radius 2 is 1.88 bits per heavy atom. The second-order valence-corrected chi connectivity index (χ2v) is 8.80. The molecule has 0 bridgehead atoms. The molecule has 1 atom stereocenters. The van der Waals surface area contributed by atoms with Gasteiger partial charge in [-0.1, -0.05) is 12.1 Å². The maximum Gasteiger partial charge on any atom is 0.225 e. The lowest BCUT2D eigenvalue weighted by Crippen LogP contribution is -2.26. The molecule has 174 valence electrons. The molecule has 8 nitrogen and oxygen atoms in total. The highest BCUT2D eigenvalue weighted by Crippen LogP contribution is 2.38. The quantitative estimate of drug-likeness (QED) is 0.566. The van der Waals surface area contributed by atoms with Crippen LogP contribution in [0.5, 0.6) is 5.75 Å². The van der Waals surface area contributed by atoms with Crippen molar-refractivity contribution in [3.05, 3.63) is 54.0 Å². The van der Waals surface area contributed by atoms with E-state index in [1.807, 2.05) is 35.3 Å². The molecule has 5 rings (SSSR count). The summed E-state index contributed by atoms with van der Waals surface area (Å²) in [6.07, 6.45) is 8.33. The topological polar surface area (TPSA) is 79.5 Å². The number of benzene rings is 1. The van der Waals surface area contributed by atoms with Crippen LogP contribution in [-0.2, 0) is 13.1 Å². The van der Waals surface area contributed by atoms with Crippen molar-refractivity contribution in [2.24, 2.45) is 0 Å². The first-order valence-electron chi connectivity index (χ1n) is 11.9. The Morgan fingerprint density at radius 1 is 1.06 bits per heavy atom. The van der Waals surface area contributed by atoms with Crippen LogP contribution in [0, 0.1) is 0 Å². The van der Waals surface area contributed by atoms with E-state index in [0.717, 1.165) is 67.7 Å². The third-order valence-corrected chi connectivity index (χ3v) is 6.72. The molecule has 2 saturated heterocycles. The Labute approximate surface area is 194 Å². The van der Waals surface area contributed by atoms with Crippen LogP contribution in [0.3, 0.4) is 0 Å². The summed E-state index contributed by atoms with van der Waals surface area (Å²) < 4.78 is 7.27. The van der Waals surface area contributed by atoms with Crippen LogP contribution in [0.25, 0.3) is 11.3 Å². The number of hydrogen-bond donors (Lipinski definition) is 1. The van der Waals surface area contributed by atoms with Gasteiger partial charge in [-0.15, -0.1) is 0 Å². The fourth-order valence-electron chi connectivity index (χ4n) is 5.07. The van der Waals surface area contributed by atoms with Crippen molar-refractivity contribution >= 4 is 5.95 Å². The average molecular weight is 449 g/mol. The highest BCUT2D eigenvalue weighted by molar-refractivity contribution is 5.63. The molecule has 8 heteroatoms. The average Bonchev–Trinajstić information content (AvgIpc) is 3.61. The van der Waals surface area contributed by atoms with Gasteiger partial charge in [0.05, 0.1) is 43.9 Å². The van der Waals surface area contributed by atoms with Gasteiger partial charge in [0.15, 0.2) is 0 Å². The summed E-state index contributed by atoms with van der Waals surface area (Å²) in [6, 6.07) is 10.5. The zero-order chi connectivity index (χ0) is 22.6. The van der Waals surface area contributed by atoms with Gasteiger partial charge in [-0.2, -0.15) is 5.10 Å². The molecule has 0 saturated carbocycles. The molecule has 0 spiro atoms. The number of nitrogens with zero attached hydrogens (tertiary/aromatic N) is 6. The maximum absolute atomic E-state index is 9.69. The molecule has 1 aromatic carbocycles. The number of rotatable bonds is 8. The van der Waals surface area contributed by atoms with Crippen molar-refractivity contribution < 1.29 is 9.84 Å². The number of anilines is 1. The largest absolute Gasteiger partial charge is 0.497 e. The number of aliphatic hydroxyl groups excluding tert-OH is 1. The first-order chi connectivity index (χ1) is 16.3. The molecule has 2 aliphatic rings. The van der Waals surface area contributed by atoms with Crippen LogP contribution in [-0.4, -0.2) is 63.1 Å². The van der Waals surface area contributed by atoms with E-state index < -0.39 is 0 Å². The summed E-state index contributed by atoms with van der Waals surface area (Å²) in [7, 11) is 1.69. The second kappa shape index (κ2) is 9.89. The van der Waals surface area contributed by atoms with Crippen LogP contribution >= 0.6 is 0 Å². The van der Waals surface area contributed by atoms with Gasteiger partial charge in [-0.05, 0) is 56.0 Å². The lowest BCUT2D eigenvalue weighted by Gasteiger charge is -2.26. The monoisotopic (exact) mass is 448 g/mol. The van der Waals surface area contributed by atoms with Crippen LogP contribution in [0.4, 0.5) is 5.95 Å². The third-order valence-electron chi connectivity index (χ3n) is 6.72. The Bertz CT molecular complexity index is 1060. The van der Waals surface area contributed by atoms with Crippen molar-refractivity contribution in [2.45, 2.75) is 44.8 Å². The third kappa shape index (κ3) is 4.58. The Kier molecular flexibility index (Phi) is 6.55. The van der Waals surface area contributed by atoms with Gasteiger partial charge in [0.1, 0.15) is 5.75 Å². The standard InChI is InChI=1S/C25H32N6O2/c1-33-20-8-6-19(7-9-20)18-30-14-4-5-23(30)24-21(17-27-31(24)15-16-32)22-10-11-26-25(28-22)29-12-2-3-13-29/h6-11,17,23,32H,2-5,12-16,18H2,1H3. The molecular formula is C25H32N6O2. The van der Waals surface area contributed by atoms with E-state index in [1.165, 1.54) is 18.4 Å². The Balaban J connectivity index is 1.46. The summed E-state index contributed by atoms with van der Waals surface area (Å²) in [5.41, 5.74) is 4.34. The van der Waals surface area contributed by atoms with Crippen LogP contribution < -0.4 is 9.64 Å². The van der Waals surface area contributed by atoms with Crippen molar-refractivity contribution in [2.75, 3.05) is 38.3 Å². The van der Waals surface area contributed by atoms with Gasteiger partial charge in [0.2, 0.25) is 5.95 Å². The Hall–Kier alpha value is -2.97. The summed E-state index contributed by atoms with van der Waals surface area (Å²) in [5.74, 6) is 1.67. The van der Waals surface area contributed by atoms with Gasteiger partial charge < -0.3 is 14.7 Å². The molecule has 3 aromatic rings. The molecule has 1 N–H and O–H groups in total. The van der Waals surface area contributed by atoms with Gasteiger partial charge in [-0.25, -0.2) is 9.97 Å². The predicted molar refractivity (Wildman–Crippen MR) is 127 cm³/mol. The highest BCUT2D eigenvalue weighted by atomic mass is 16.5. The summed E-state index contributed by atoms with van der Waals surface area (Å²) in [5, 5.41) is 14.3. The van der Waals surface area contributed by atoms with E-state index >= 15 is 0 Å². The van der Waals surface area contributed by atoms with Crippen LogP contribution in [0.15, 0.2) is 42.7 Å². The fourth-order valence-corrected chi connectivity index (χ4v) is 5.07. The van der Waals surface area contributed by atoms with E-state index in [-0.39, 0.29) is 12.6 Å². The number of aliphatic hydroxyl groups is 1. The molecular weight excluding hydrogens is 416 g/mol. The number of ether oxygens (including phenoxy) is 1. The molecule has 33 heavy (non-hydrogen) atoms. The van der Waals surface area contributed by atoms with E-state index in [1.54, 1.807) is 7.11 Å². The van der Waals surface area contributed by atoms with E-state index in [2.05, 4.69) is 32.0 Å². The molecule has 2 aromatic heterocycles. The minimum Gasteiger partial charge on any atom is -0.497 e. The molecule has 0 amide bonds. The minimum absolute atomic E-state index is 0.0577. The smallest absolute Gasteiger partial charge is 0.225 e. The molecule has 2 aliphatic heterocycles. The highest BCUT2D eigenvalue weighted by Gasteiger charge is 2.32. The lowest BCUT2D eigenvalue weighted by atomic mass is 10.0. The molecule has 0 aliphatic carbocycles. The van der Waals surface area contributed by atoms with Crippen LogP contribution in [0.1, 0.15) is 43.0 Å². The molecule has 2 fully saturated rings. The first kappa shape index (κ1) is 21.9. The molecule has 4 heterocycles. The number of aromatic nitrogens is 4. The molecule has 1 unspecified atom stereocenters. The van der Waals surface area contributed by atoms with Gasteiger partial charge in [0, 0.05) is 31.4 Å². The minimum atomic E-state index is 0.0577. The number of methoxy groups -OCH3 is 1. The van der Waals surface area contributed by atoms with Gasteiger partial charge in [-0.3, -0.25) is 9.58 Å². The van der Waals surface area contributed by atoms with Crippen molar-refractivity contribution in [3.63, 3.8) is 0 Å². The normalized spacial score (nSPS) is 18.8. The SMILES string of the molecule is COc1ccc(CN2CCCC2c2c(-c3ccnc(N4CCCC4)n3)cnn2CCO)cc1. The van der Waals surface area contributed by atoms with Crippen molar-refractivity contribution in [1.29, 1.82) is 0 Å². The van der Waals surface area contributed by atoms with Crippen molar-refractivity contribution in [3.8, 4) is 17.0 Å². The zero-order valence-electron chi connectivity index (χ0n) is 19.2. The van der Waals surface area contributed by atoms with E-state index in [0.29, 0.717) is 6.54 Å². The van der Waals surface area contributed by atoms with Gasteiger partial charge in [0.25, 0.3) is 0 Å². The molecule has 0 radical (unpaired) electrons. The fraction of sp³-hybridized carbons (Fsp3) is 0.480. The van der Waals surface area contributed by atoms with E-state index in [4.69, 9.17) is 9.72 Å². The lowest BCUT2D eigenvalue weighted by molar-refractivity contribution is 0.226. The van der Waals surface area contributed by atoms with Crippen LogP contribution in [0.2, 0.25) is 0 Å². The van der Waals surface area contributed by atoms with Crippen molar-refractivity contribution in [1.82, 2.24) is 24.6 Å². The number of likely N-dealkylation sites (tertiary alicyclic amines) is 1. The van der Waals surface area contributed by atoms with E-state index in [9.17, 15) is 5.11 Å². The predicted octanol–water partition coefficient (Wildman–Crippen LogP) is 3.28. The summed E-state index contributed by atoms with van der Waals surface area (Å²) in [4.78, 5) is 14.2. The Morgan fingerprint density at radius 3 is 2.64 bits per heavy atom. The summed E-state index contributed by atoms with van der Waals surface area (Å²) >= 11 is 0. The summed E-state index contributed by atoms with van der Waals surface area (Å²) in [6.45, 7) is 4.45. The maximum atomic E-state index is 9.69. The van der Waals surface area contributed by atoms with Gasteiger partial charge >= 0.3 is 0 Å².